The highest BCUT2D eigenvalue weighted by atomic mass is 35.5. The number of nitrogens with one attached hydrogen (secondary N) is 1. The summed E-state index contributed by atoms with van der Waals surface area (Å²) in [5.41, 5.74) is 3.02. The highest BCUT2D eigenvalue weighted by molar-refractivity contribution is 6.32. The Kier molecular flexibility index (Phi) is 4.51. The molecule has 0 aliphatic carbocycles. The average Bonchev–Trinajstić information content (AvgIpc) is 2.45. The molecule has 8 nitrogen and oxygen atoms in total. The Hall–Kier alpha value is -2.45. The summed E-state index contributed by atoms with van der Waals surface area (Å²) in [4.78, 5) is 18.5. The molecule has 0 aliphatic rings. The second kappa shape index (κ2) is 6.33. The molecule has 0 aliphatic heterocycles. The van der Waals surface area contributed by atoms with Crippen LogP contribution in [0.5, 0.6) is 5.75 Å². The zero-order valence-electron chi connectivity index (χ0n) is 11.0. The van der Waals surface area contributed by atoms with Gasteiger partial charge < -0.3 is 10.2 Å². The Labute approximate surface area is 125 Å². The molecule has 1 aromatic heterocycles. The number of nitrogens with two attached hydrogens (primary N) is 1. The fourth-order valence-corrected chi connectivity index (χ4v) is 1.80. The second-order valence-corrected chi connectivity index (χ2v) is 4.52. The number of hydrogen-bond donors (Lipinski definition) is 2. The number of benzene rings is 1. The first kappa shape index (κ1) is 14.9. The molecular formula is C12H12ClN5O3. The molecule has 3 N–H and O–H groups in total. The average molecular weight is 310 g/mol. The smallest absolute Gasteiger partial charge is 0.273 e. The maximum absolute atomic E-state index is 10.7. The van der Waals surface area contributed by atoms with E-state index in [-0.39, 0.29) is 23.1 Å². The van der Waals surface area contributed by atoms with Gasteiger partial charge in [-0.05, 0) is 13.0 Å². The Morgan fingerprint density at radius 2 is 2.19 bits per heavy atom. The van der Waals surface area contributed by atoms with Gasteiger partial charge in [-0.3, -0.25) is 10.1 Å². The lowest BCUT2D eigenvalue weighted by Gasteiger charge is -2.08. The molecule has 9 heteroatoms. The summed E-state index contributed by atoms with van der Waals surface area (Å²) in [5, 5.41) is 11.0. The molecule has 110 valence electrons. The summed E-state index contributed by atoms with van der Waals surface area (Å²) in [7, 11) is 0. The fourth-order valence-electron chi connectivity index (χ4n) is 1.63. The molecule has 2 aromatic rings. The number of nitro benzene ring substituents is 1. The minimum Gasteiger partial charge on any atom is -0.484 e. The van der Waals surface area contributed by atoms with Crippen molar-refractivity contribution in [2.45, 2.75) is 13.5 Å². The van der Waals surface area contributed by atoms with Gasteiger partial charge in [0.15, 0.2) is 5.82 Å². The molecule has 1 heterocycles. The van der Waals surface area contributed by atoms with E-state index in [0.29, 0.717) is 17.3 Å². The zero-order valence-corrected chi connectivity index (χ0v) is 11.8. The third kappa shape index (κ3) is 3.77. The van der Waals surface area contributed by atoms with Gasteiger partial charge in [0.1, 0.15) is 18.2 Å². The molecule has 0 unspecified atom stereocenters. The Morgan fingerprint density at radius 1 is 1.43 bits per heavy atom. The molecule has 0 spiro atoms. The highest BCUT2D eigenvalue weighted by Gasteiger charge is 2.11. The predicted octanol–water partition coefficient (Wildman–Crippen LogP) is 2.21. The fraction of sp³-hybridized carbons (Fsp3) is 0.167. The standard InChI is InChI=1S/C12H12ClN5O3/c1-7-4-11(17-14)16-12(15-7)6-21-10-5-8(18(19)20)2-3-9(10)13/h2-5H,6,14H2,1H3,(H,15,16,17). The van der Waals surface area contributed by atoms with Crippen molar-refractivity contribution in [2.75, 3.05) is 5.43 Å². The first-order valence-corrected chi connectivity index (χ1v) is 6.25. The first-order valence-electron chi connectivity index (χ1n) is 5.87. The number of anilines is 1. The quantitative estimate of drug-likeness (QED) is 0.494. The summed E-state index contributed by atoms with van der Waals surface area (Å²) in [6.45, 7) is 1.80. The van der Waals surface area contributed by atoms with Crippen LogP contribution in [0, 0.1) is 17.0 Å². The summed E-state index contributed by atoms with van der Waals surface area (Å²) in [5.74, 6) is 6.32. The maximum Gasteiger partial charge on any atom is 0.273 e. The van der Waals surface area contributed by atoms with Crippen molar-refractivity contribution < 1.29 is 9.66 Å². The van der Waals surface area contributed by atoms with Gasteiger partial charge in [-0.1, -0.05) is 11.6 Å². The van der Waals surface area contributed by atoms with E-state index in [4.69, 9.17) is 22.2 Å². The van der Waals surface area contributed by atoms with E-state index in [0.717, 1.165) is 0 Å². The highest BCUT2D eigenvalue weighted by Crippen LogP contribution is 2.29. The number of aryl methyl sites for hydroxylation is 1. The van der Waals surface area contributed by atoms with Crippen LogP contribution in [-0.4, -0.2) is 14.9 Å². The number of aromatic nitrogens is 2. The van der Waals surface area contributed by atoms with Crippen molar-refractivity contribution in [2.24, 2.45) is 5.84 Å². The van der Waals surface area contributed by atoms with Crippen molar-refractivity contribution in [1.29, 1.82) is 0 Å². The maximum atomic E-state index is 10.7. The number of nitro groups is 1. The number of hydrazine groups is 1. The molecule has 1 aromatic carbocycles. The van der Waals surface area contributed by atoms with Gasteiger partial charge in [-0.2, -0.15) is 0 Å². The number of rotatable bonds is 5. The van der Waals surface area contributed by atoms with Gasteiger partial charge in [0.25, 0.3) is 5.69 Å². The molecule has 0 radical (unpaired) electrons. The number of nitrogen functional groups attached to an aromatic ring is 1. The summed E-state index contributed by atoms with van der Waals surface area (Å²) >= 11 is 5.94. The number of halogens is 1. The lowest BCUT2D eigenvalue weighted by Crippen LogP contribution is -2.12. The lowest BCUT2D eigenvalue weighted by atomic mass is 10.3. The molecule has 0 fully saturated rings. The Balaban J connectivity index is 2.18. The van der Waals surface area contributed by atoms with E-state index in [2.05, 4.69) is 15.4 Å². The lowest BCUT2D eigenvalue weighted by molar-refractivity contribution is -0.384. The third-order valence-corrected chi connectivity index (χ3v) is 2.84. The third-order valence-electron chi connectivity index (χ3n) is 2.53. The summed E-state index contributed by atoms with van der Waals surface area (Å²) < 4.78 is 5.44. The van der Waals surface area contributed by atoms with Crippen LogP contribution < -0.4 is 16.0 Å². The van der Waals surface area contributed by atoms with Crippen molar-refractivity contribution in [3.05, 3.63) is 50.9 Å². The predicted molar refractivity (Wildman–Crippen MR) is 77.0 cm³/mol. The molecule has 21 heavy (non-hydrogen) atoms. The van der Waals surface area contributed by atoms with Gasteiger partial charge in [0, 0.05) is 17.8 Å². The van der Waals surface area contributed by atoms with Gasteiger partial charge in [0.05, 0.1) is 16.0 Å². The van der Waals surface area contributed by atoms with E-state index in [9.17, 15) is 10.1 Å². The number of hydrogen-bond acceptors (Lipinski definition) is 7. The molecule has 0 saturated carbocycles. The zero-order chi connectivity index (χ0) is 15.4. The minimum atomic E-state index is -0.525. The topological polar surface area (TPSA) is 116 Å². The number of ether oxygens (including phenoxy) is 1. The van der Waals surface area contributed by atoms with E-state index < -0.39 is 4.92 Å². The monoisotopic (exact) mass is 309 g/mol. The molecule has 0 amide bonds. The summed E-state index contributed by atoms with van der Waals surface area (Å²) in [6.07, 6.45) is 0. The van der Waals surface area contributed by atoms with Crippen molar-refractivity contribution in [3.63, 3.8) is 0 Å². The van der Waals surface area contributed by atoms with Gasteiger partial charge in [-0.15, -0.1) is 0 Å². The molecule has 0 atom stereocenters. The van der Waals surface area contributed by atoms with Crippen LogP contribution in [0.1, 0.15) is 11.5 Å². The Bertz CT molecular complexity index is 680. The minimum absolute atomic E-state index is 0.0112. The van der Waals surface area contributed by atoms with Gasteiger partial charge in [0.2, 0.25) is 0 Å². The van der Waals surface area contributed by atoms with E-state index >= 15 is 0 Å². The SMILES string of the molecule is Cc1cc(NN)nc(COc2cc([N+](=O)[O-])ccc2Cl)n1. The first-order chi connectivity index (χ1) is 9.99. The normalized spacial score (nSPS) is 10.2. The van der Waals surface area contributed by atoms with E-state index in [1.807, 2.05) is 0 Å². The molecule has 0 bridgehead atoms. The number of non-ortho nitro benzene ring substituents is 1. The molecule has 2 rings (SSSR count). The van der Waals surface area contributed by atoms with E-state index in [1.165, 1.54) is 18.2 Å². The van der Waals surface area contributed by atoms with Crippen LogP contribution in [0.2, 0.25) is 5.02 Å². The Morgan fingerprint density at radius 3 is 2.86 bits per heavy atom. The van der Waals surface area contributed by atoms with Crippen LogP contribution in [0.25, 0.3) is 0 Å². The van der Waals surface area contributed by atoms with Gasteiger partial charge >= 0.3 is 0 Å². The van der Waals surface area contributed by atoms with Crippen LogP contribution in [0.15, 0.2) is 24.3 Å². The van der Waals surface area contributed by atoms with Crippen molar-refractivity contribution in [3.8, 4) is 5.75 Å². The van der Waals surface area contributed by atoms with Crippen LogP contribution in [0.3, 0.4) is 0 Å². The second-order valence-electron chi connectivity index (χ2n) is 4.12. The van der Waals surface area contributed by atoms with Crippen LogP contribution >= 0.6 is 11.6 Å². The van der Waals surface area contributed by atoms with Crippen molar-refractivity contribution >= 4 is 23.1 Å². The molecule has 0 saturated heterocycles. The van der Waals surface area contributed by atoms with Crippen molar-refractivity contribution in [1.82, 2.24) is 9.97 Å². The van der Waals surface area contributed by atoms with E-state index in [1.54, 1.807) is 13.0 Å². The number of nitrogens with zero attached hydrogens (tertiary/aromatic N) is 3. The largest absolute Gasteiger partial charge is 0.484 e. The van der Waals surface area contributed by atoms with Crippen LogP contribution in [0.4, 0.5) is 11.5 Å². The summed E-state index contributed by atoms with van der Waals surface area (Å²) in [6, 6.07) is 5.62. The van der Waals surface area contributed by atoms with Gasteiger partial charge in [-0.25, -0.2) is 15.8 Å². The molecular weight excluding hydrogens is 298 g/mol. The van der Waals surface area contributed by atoms with Crippen LogP contribution in [-0.2, 0) is 6.61 Å².